The minimum Gasteiger partial charge on any atom is -0.388 e. The molecule has 0 spiro atoms. The van der Waals surface area contributed by atoms with E-state index in [0.717, 1.165) is 16.5 Å². The summed E-state index contributed by atoms with van der Waals surface area (Å²) in [5.74, 6) is 0. The maximum Gasteiger partial charge on any atom is 0.0798 e. The van der Waals surface area contributed by atoms with Gasteiger partial charge in [0.25, 0.3) is 0 Å². The summed E-state index contributed by atoms with van der Waals surface area (Å²) < 4.78 is 1.00. The normalized spacial score (nSPS) is 14.0. The van der Waals surface area contributed by atoms with Crippen LogP contribution in [0.4, 0.5) is 0 Å². The highest BCUT2D eigenvalue weighted by atomic mass is 79.9. The first-order valence-corrected chi connectivity index (χ1v) is 6.13. The van der Waals surface area contributed by atoms with E-state index in [1.807, 2.05) is 13.0 Å². The summed E-state index contributed by atoms with van der Waals surface area (Å²) in [5, 5.41) is 9.77. The van der Waals surface area contributed by atoms with Crippen LogP contribution >= 0.6 is 15.9 Å². The van der Waals surface area contributed by atoms with Gasteiger partial charge in [-0.1, -0.05) is 55.8 Å². The summed E-state index contributed by atoms with van der Waals surface area (Å²) in [7, 11) is 0. The number of hydrogen-bond donors (Lipinski definition) is 1. The zero-order chi connectivity index (χ0) is 11.6. The lowest BCUT2D eigenvalue weighted by molar-refractivity contribution is 0.173. The molecule has 15 heavy (non-hydrogen) atoms. The van der Waals surface area contributed by atoms with Crippen LogP contribution in [0.5, 0.6) is 0 Å². The summed E-state index contributed by atoms with van der Waals surface area (Å²) in [6, 6.07) is 6.21. The van der Waals surface area contributed by atoms with Gasteiger partial charge in [0.1, 0.15) is 0 Å². The Hall–Kier alpha value is -0.340. The third-order valence-electron chi connectivity index (χ3n) is 2.61. The SMILES string of the molecule is CCC(O)c1ccc(C(C)(C)C)cc1Br. The molecule has 0 aromatic heterocycles. The quantitative estimate of drug-likeness (QED) is 0.855. The van der Waals surface area contributed by atoms with Crippen LogP contribution in [-0.4, -0.2) is 5.11 Å². The van der Waals surface area contributed by atoms with Crippen molar-refractivity contribution in [2.45, 2.75) is 45.6 Å². The van der Waals surface area contributed by atoms with Gasteiger partial charge >= 0.3 is 0 Å². The Morgan fingerprint density at radius 1 is 1.33 bits per heavy atom. The molecule has 0 fully saturated rings. The molecule has 0 saturated heterocycles. The molecule has 0 bridgehead atoms. The molecule has 0 aliphatic rings. The van der Waals surface area contributed by atoms with E-state index in [-0.39, 0.29) is 11.5 Å². The number of aliphatic hydroxyl groups excluding tert-OH is 1. The van der Waals surface area contributed by atoms with Crippen LogP contribution in [0, 0.1) is 0 Å². The van der Waals surface area contributed by atoms with Crippen molar-refractivity contribution in [3.8, 4) is 0 Å². The van der Waals surface area contributed by atoms with Gasteiger partial charge < -0.3 is 5.11 Å². The first-order valence-electron chi connectivity index (χ1n) is 5.34. The minimum atomic E-state index is -0.367. The van der Waals surface area contributed by atoms with Gasteiger partial charge in [-0.2, -0.15) is 0 Å². The Morgan fingerprint density at radius 3 is 2.33 bits per heavy atom. The van der Waals surface area contributed by atoms with Crippen LogP contribution in [0.1, 0.15) is 51.3 Å². The predicted octanol–water partition coefficient (Wildman–Crippen LogP) is 4.19. The monoisotopic (exact) mass is 270 g/mol. The second kappa shape index (κ2) is 4.67. The zero-order valence-electron chi connectivity index (χ0n) is 9.84. The van der Waals surface area contributed by atoms with Crippen LogP contribution in [0.25, 0.3) is 0 Å². The van der Waals surface area contributed by atoms with Crippen molar-refractivity contribution in [2.75, 3.05) is 0 Å². The van der Waals surface area contributed by atoms with Gasteiger partial charge in [-0.05, 0) is 29.0 Å². The molecule has 0 amide bonds. The minimum absolute atomic E-state index is 0.151. The Labute approximate surface area is 101 Å². The van der Waals surface area contributed by atoms with Crippen molar-refractivity contribution in [3.63, 3.8) is 0 Å². The Kier molecular flexibility index (Phi) is 3.96. The first kappa shape index (κ1) is 12.7. The van der Waals surface area contributed by atoms with E-state index < -0.39 is 0 Å². The van der Waals surface area contributed by atoms with E-state index in [2.05, 4.69) is 48.8 Å². The van der Waals surface area contributed by atoms with Crippen LogP contribution in [0.3, 0.4) is 0 Å². The predicted molar refractivity (Wildman–Crippen MR) is 68.1 cm³/mol. The van der Waals surface area contributed by atoms with Crippen molar-refractivity contribution in [1.82, 2.24) is 0 Å². The fraction of sp³-hybridized carbons (Fsp3) is 0.538. The van der Waals surface area contributed by atoms with Crippen LogP contribution < -0.4 is 0 Å². The van der Waals surface area contributed by atoms with Gasteiger partial charge in [0, 0.05) is 4.47 Å². The van der Waals surface area contributed by atoms with Crippen molar-refractivity contribution in [1.29, 1.82) is 0 Å². The summed E-state index contributed by atoms with van der Waals surface area (Å²) >= 11 is 3.52. The van der Waals surface area contributed by atoms with E-state index in [1.54, 1.807) is 0 Å². The van der Waals surface area contributed by atoms with Gasteiger partial charge in [-0.15, -0.1) is 0 Å². The fourth-order valence-electron chi connectivity index (χ4n) is 1.48. The van der Waals surface area contributed by atoms with Crippen LogP contribution in [0.2, 0.25) is 0 Å². The van der Waals surface area contributed by atoms with Crippen molar-refractivity contribution in [2.24, 2.45) is 0 Å². The maximum absolute atomic E-state index is 9.77. The molecule has 1 aromatic rings. The maximum atomic E-state index is 9.77. The van der Waals surface area contributed by atoms with Gasteiger partial charge in [0.15, 0.2) is 0 Å². The summed E-state index contributed by atoms with van der Waals surface area (Å²) in [6.45, 7) is 8.54. The van der Waals surface area contributed by atoms with Crippen molar-refractivity contribution >= 4 is 15.9 Å². The molecule has 1 rings (SSSR count). The van der Waals surface area contributed by atoms with Gasteiger partial charge in [-0.25, -0.2) is 0 Å². The van der Waals surface area contributed by atoms with E-state index in [1.165, 1.54) is 5.56 Å². The molecule has 0 saturated carbocycles. The average Bonchev–Trinajstić information content (AvgIpc) is 2.15. The Bertz CT molecular complexity index is 339. The summed E-state index contributed by atoms with van der Waals surface area (Å²) in [6.07, 6.45) is 0.376. The molecular weight excluding hydrogens is 252 g/mol. The van der Waals surface area contributed by atoms with E-state index in [0.29, 0.717) is 0 Å². The summed E-state index contributed by atoms with van der Waals surface area (Å²) in [4.78, 5) is 0. The van der Waals surface area contributed by atoms with Crippen LogP contribution in [0.15, 0.2) is 22.7 Å². The number of rotatable bonds is 2. The molecule has 0 aliphatic heterocycles. The molecule has 1 unspecified atom stereocenters. The number of benzene rings is 1. The smallest absolute Gasteiger partial charge is 0.0798 e. The lowest BCUT2D eigenvalue weighted by Gasteiger charge is -2.21. The lowest BCUT2D eigenvalue weighted by atomic mass is 9.86. The molecular formula is C13H19BrO. The van der Waals surface area contributed by atoms with Crippen molar-refractivity contribution in [3.05, 3.63) is 33.8 Å². The second-order valence-electron chi connectivity index (χ2n) is 4.91. The van der Waals surface area contributed by atoms with E-state index in [9.17, 15) is 5.11 Å². The molecule has 2 heteroatoms. The number of aliphatic hydroxyl groups is 1. The first-order chi connectivity index (χ1) is 6.86. The number of halogens is 1. The standard InChI is InChI=1S/C13H19BrO/c1-5-12(15)10-7-6-9(8-11(10)14)13(2,3)4/h6-8,12,15H,5H2,1-4H3. The third kappa shape index (κ3) is 3.05. The highest BCUT2D eigenvalue weighted by Crippen LogP contribution is 2.31. The number of hydrogen-bond acceptors (Lipinski definition) is 1. The molecule has 1 N–H and O–H groups in total. The molecule has 84 valence electrons. The molecule has 1 atom stereocenters. The largest absolute Gasteiger partial charge is 0.388 e. The molecule has 1 nitrogen and oxygen atoms in total. The highest BCUT2D eigenvalue weighted by Gasteiger charge is 2.16. The summed E-state index contributed by atoms with van der Waals surface area (Å²) in [5.41, 5.74) is 2.41. The van der Waals surface area contributed by atoms with Gasteiger partial charge in [0.2, 0.25) is 0 Å². The zero-order valence-corrected chi connectivity index (χ0v) is 11.4. The van der Waals surface area contributed by atoms with Gasteiger partial charge in [0.05, 0.1) is 6.10 Å². The molecule has 0 radical (unpaired) electrons. The van der Waals surface area contributed by atoms with Crippen molar-refractivity contribution < 1.29 is 5.11 Å². The van der Waals surface area contributed by atoms with E-state index in [4.69, 9.17) is 0 Å². The average molecular weight is 271 g/mol. The van der Waals surface area contributed by atoms with E-state index >= 15 is 0 Å². The molecule has 0 aliphatic carbocycles. The molecule has 0 heterocycles. The Balaban J connectivity index is 3.09. The highest BCUT2D eigenvalue weighted by molar-refractivity contribution is 9.10. The Morgan fingerprint density at radius 2 is 1.93 bits per heavy atom. The molecule has 1 aromatic carbocycles. The van der Waals surface area contributed by atoms with Gasteiger partial charge in [-0.3, -0.25) is 0 Å². The lowest BCUT2D eigenvalue weighted by Crippen LogP contribution is -2.11. The fourth-order valence-corrected chi connectivity index (χ4v) is 2.13. The second-order valence-corrected chi connectivity index (χ2v) is 5.76. The third-order valence-corrected chi connectivity index (χ3v) is 3.30. The van der Waals surface area contributed by atoms with Crippen LogP contribution in [-0.2, 0) is 5.41 Å². The topological polar surface area (TPSA) is 20.2 Å².